The summed E-state index contributed by atoms with van der Waals surface area (Å²) in [7, 11) is 1.42. The molecule has 0 aromatic carbocycles. The van der Waals surface area contributed by atoms with Crippen LogP contribution in [-0.4, -0.2) is 35.3 Å². The molecule has 146 valence electrons. The molecule has 2 aliphatic rings. The second-order valence-electron chi connectivity index (χ2n) is 7.58. The maximum atomic E-state index is 15.1. The van der Waals surface area contributed by atoms with Gasteiger partial charge in [-0.05, 0) is 38.0 Å². The minimum atomic E-state index is -0.793. The second-order valence-corrected chi connectivity index (χ2v) is 7.58. The molecule has 0 radical (unpaired) electrons. The Morgan fingerprint density at radius 2 is 2.00 bits per heavy atom. The Bertz CT molecular complexity index is 1020. The van der Waals surface area contributed by atoms with E-state index in [0.717, 1.165) is 29.9 Å². The highest BCUT2D eigenvalue weighted by Crippen LogP contribution is 2.45. The first-order valence-corrected chi connectivity index (χ1v) is 9.18. The van der Waals surface area contributed by atoms with Gasteiger partial charge in [-0.3, -0.25) is 9.20 Å². The van der Waals surface area contributed by atoms with Crippen molar-refractivity contribution in [2.45, 2.75) is 38.1 Å². The Morgan fingerprint density at radius 1 is 1.30 bits per heavy atom. The summed E-state index contributed by atoms with van der Waals surface area (Å²) in [6.45, 7) is 3.17. The molecule has 2 aromatic heterocycles. The zero-order valence-corrected chi connectivity index (χ0v) is 15.4. The smallest absolute Gasteiger partial charge is 0.354 e. The molecule has 1 unspecified atom stereocenters. The summed E-state index contributed by atoms with van der Waals surface area (Å²) >= 11 is 0. The predicted octanol–water partition coefficient (Wildman–Crippen LogP) is 0.374. The Morgan fingerprint density at radius 3 is 2.56 bits per heavy atom. The van der Waals surface area contributed by atoms with Crippen molar-refractivity contribution in [3.63, 3.8) is 0 Å². The fraction of sp³-hybridized carbons (Fsp3) is 0.556. The fourth-order valence-electron chi connectivity index (χ4n) is 4.05. The maximum absolute atomic E-state index is 15.1. The molecule has 27 heavy (non-hydrogen) atoms. The van der Waals surface area contributed by atoms with E-state index in [0.29, 0.717) is 28.8 Å². The molecule has 0 bridgehead atoms. The van der Waals surface area contributed by atoms with Gasteiger partial charge in [0.25, 0.3) is 5.56 Å². The summed E-state index contributed by atoms with van der Waals surface area (Å²) in [5, 5.41) is 0. The van der Waals surface area contributed by atoms with Gasteiger partial charge in [0, 0.05) is 19.1 Å². The number of nitrogens with zero attached hydrogens (tertiary/aromatic N) is 3. The third-order valence-electron chi connectivity index (χ3n) is 5.73. The Labute approximate surface area is 155 Å². The highest BCUT2D eigenvalue weighted by molar-refractivity contribution is 5.78. The minimum Gasteiger partial charge on any atom is -0.492 e. The first-order chi connectivity index (χ1) is 12.8. The van der Waals surface area contributed by atoms with E-state index in [1.807, 2.05) is 11.8 Å². The van der Waals surface area contributed by atoms with Crippen LogP contribution in [0.3, 0.4) is 0 Å². The predicted molar refractivity (Wildman–Crippen MR) is 101 cm³/mol. The van der Waals surface area contributed by atoms with E-state index in [9.17, 15) is 9.59 Å². The average molecular weight is 377 g/mol. The number of hydrogen-bond acceptors (Lipinski definition) is 6. The topological polar surface area (TPSA) is 108 Å². The Kier molecular flexibility index (Phi) is 4.14. The number of fused-ring (bicyclic) bond motifs is 1. The summed E-state index contributed by atoms with van der Waals surface area (Å²) in [6.07, 6.45) is 3.60. The third kappa shape index (κ3) is 2.68. The van der Waals surface area contributed by atoms with Crippen LogP contribution in [-0.2, 0) is 0 Å². The summed E-state index contributed by atoms with van der Waals surface area (Å²) in [5.41, 5.74) is 5.68. The van der Waals surface area contributed by atoms with Crippen molar-refractivity contribution in [2.75, 3.05) is 30.9 Å². The van der Waals surface area contributed by atoms with Gasteiger partial charge < -0.3 is 21.2 Å². The van der Waals surface area contributed by atoms with Gasteiger partial charge >= 0.3 is 5.69 Å². The van der Waals surface area contributed by atoms with E-state index in [-0.39, 0.29) is 29.3 Å². The van der Waals surface area contributed by atoms with Crippen molar-refractivity contribution in [2.24, 2.45) is 11.7 Å². The van der Waals surface area contributed by atoms with E-state index in [1.54, 1.807) is 0 Å². The van der Waals surface area contributed by atoms with Crippen molar-refractivity contribution in [1.82, 2.24) is 9.08 Å². The van der Waals surface area contributed by atoms with Crippen LogP contribution in [0.25, 0.3) is 5.52 Å². The zero-order valence-electron chi connectivity index (χ0n) is 15.4. The second kappa shape index (κ2) is 6.26. The SMILES string of the molecule is COc1c(N2CCC([C@H](C)N)C2)c(F)cn2c(=O)n(N)c(=O)c(C3CC3)c12. The van der Waals surface area contributed by atoms with E-state index >= 15 is 4.39 Å². The van der Waals surface area contributed by atoms with E-state index in [4.69, 9.17) is 16.3 Å². The molecule has 9 heteroatoms. The number of anilines is 1. The van der Waals surface area contributed by atoms with Crippen molar-refractivity contribution in [1.29, 1.82) is 0 Å². The van der Waals surface area contributed by atoms with Crippen LogP contribution in [0, 0.1) is 11.7 Å². The molecule has 1 saturated heterocycles. The van der Waals surface area contributed by atoms with Crippen LogP contribution in [0.4, 0.5) is 10.1 Å². The van der Waals surface area contributed by atoms with E-state index in [2.05, 4.69) is 0 Å². The number of hydrogen-bond donors (Lipinski definition) is 2. The lowest BCUT2D eigenvalue weighted by Crippen LogP contribution is -2.44. The molecule has 2 aromatic rings. The van der Waals surface area contributed by atoms with Crippen LogP contribution < -0.4 is 32.5 Å². The molecule has 4 rings (SSSR count). The molecule has 1 aliphatic heterocycles. The highest BCUT2D eigenvalue weighted by atomic mass is 19.1. The Hall–Kier alpha value is -2.55. The number of aromatic nitrogens is 2. The molecule has 1 aliphatic carbocycles. The molecule has 3 heterocycles. The van der Waals surface area contributed by atoms with Crippen molar-refractivity contribution in [3.05, 3.63) is 38.4 Å². The maximum Gasteiger partial charge on any atom is 0.354 e. The van der Waals surface area contributed by atoms with Gasteiger partial charge in [0.2, 0.25) is 0 Å². The molecule has 8 nitrogen and oxygen atoms in total. The van der Waals surface area contributed by atoms with Crippen molar-refractivity contribution < 1.29 is 9.13 Å². The van der Waals surface area contributed by atoms with Gasteiger partial charge in [0.15, 0.2) is 11.6 Å². The van der Waals surface area contributed by atoms with E-state index < -0.39 is 17.1 Å². The van der Waals surface area contributed by atoms with Crippen LogP contribution in [0.5, 0.6) is 5.75 Å². The highest BCUT2D eigenvalue weighted by Gasteiger charge is 2.35. The number of nitrogen functional groups attached to an aromatic ring is 1. The van der Waals surface area contributed by atoms with Gasteiger partial charge in [0.1, 0.15) is 11.2 Å². The standard InChI is InChI=1S/C18H24FN5O3/c1-9(20)11-5-6-22(7-11)14-12(19)8-23-15(16(14)27-2)13(10-3-4-10)17(25)24(21)18(23)26/h8-11H,3-7,20-21H2,1-2H3/t9-,11?/m0/s1. The first-order valence-electron chi connectivity index (χ1n) is 9.18. The summed E-state index contributed by atoms with van der Waals surface area (Å²) in [5.74, 6) is 5.51. The molecular formula is C18H24FN5O3. The lowest BCUT2D eigenvalue weighted by Gasteiger charge is -2.24. The molecule has 1 saturated carbocycles. The van der Waals surface area contributed by atoms with Crippen LogP contribution in [0.15, 0.2) is 15.8 Å². The minimum absolute atomic E-state index is 0.00130. The van der Waals surface area contributed by atoms with Gasteiger partial charge in [-0.2, -0.15) is 4.68 Å². The fourth-order valence-corrected chi connectivity index (χ4v) is 4.05. The molecule has 2 fully saturated rings. The third-order valence-corrected chi connectivity index (χ3v) is 5.73. The number of nitrogens with two attached hydrogens (primary N) is 2. The summed E-state index contributed by atoms with van der Waals surface area (Å²) in [4.78, 5) is 27.0. The van der Waals surface area contributed by atoms with Gasteiger partial charge in [-0.1, -0.05) is 0 Å². The van der Waals surface area contributed by atoms with Crippen LogP contribution in [0.1, 0.15) is 37.7 Å². The largest absolute Gasteiger partial charge is 0.492 e. The first kappa shape index (κ1) is 17.8. The van der Waals surface area contributed by atoms with Crippen LogP contribution >= 0.6 is 0 Å². The molecule has 0 amide bonds. The average Bonchev–Trinajstić information content (AvgIpc) is 3.35. The monoisotopic (exact) mass is 377 g/mol. The van der Waals surface area contributed by atoms with Gasteiger partial charge in [0.05, 0.1) is 18.9 Å². The lowest BCUT2D eigenvalue weighted by molar-refractivity contribution is 0.412. The van der Waals surface area contributed by atoms with Crippen LogP contribution in [0.2, 0.25) is 0 Å². The van der Waals surface area contributed by atoms with Gasteiger partial charge in [-0.15, -0.1) is 0 Å². The van der Waals surface area contributed by atoms with Crippen molar-refractivity contribution >= 4 is 11.2 Å². The molecule has 4 N–H and O–H groups in total. The molecule has 2 atom stereocenters. The number of halogens is 1. The quantitative estimate of drug-likeness (QED) is 0.746. The summed E-state index contributed by atoms with van der Waals surface area (Å²) in [6, 6.07) is -0.00130. The number of rotatable bonds is 4. The summed E-state index contributed by atoms with van der Waals surface area (Å²) < 4.78 is 22.3. The zero-order chi connectivity index (χ0) is 19.5. The molecule has 0 spiro atoms. The lowest BCUT2D eigenvalue weighted by atomic mass is 10.0. The van der Waals surface area contributed by atoms with Crippen molar-refractivity contribution in [3.8, 4) is 5.75 Å². The number of pyridine rings is 1. The molecular weight excluding hydrogens is 353 g/mol. The number of methoxy groups -OCH3 is 1. The van der Waals surface area contributed by atoms with Gasteiger partial charge in [-0.25, -0.2) is 9.18 Å². The van der Waals surface area contributed by atoms with E-state index in [1.165, 1.54) is 7.11 Å². The normalized spacial score (nSPS) is 21.0. The Balaban J connectivity index is 2.01. The number of ether oxygens (including phenoxy) is 1.